The van der Waals surface area contributed by atoms with Gasteiger partial charge in [0.15, 0.2) is 11.6 Å². The lowest BCUT2D eigenvalue weighted by atomic mass is 9.87. The van der Waals surface area contributed by atoms with Gasteiger partial charge in [-0.15, -0.1) is 0 Å². The molecule has 0 fully saturated rings. The minimum atomic E-state index is -0.495. The fourth-order valence-electron chi connectivity index (χ4n) is 2.08. The molecule has 22 heavy (non-hydrogen) atoms. The summed E-state index contributed by atoms with van der Waals surface area (Å²) >= 11 is 0. The summed E-state index contributed by atoms with van der Waals surface area (Å²) in [6, 6.07) is 6.74. The molecular weight excluding hydrogens is 278 g/mol. The largest absolute Gasteiger partial charge is 0.508 e. The van der Waals surface area contributed by atoms with Crippen LogP contribution in [-0.4, -0.2) is 22.1 Å². The lowest BCUT2D eigenvalue weighted by Gasteiger charge is -2.17. The molecule has 1 aromatic heterocycles. The van der Waals surface area contributed by atoms with Crippen LogP contribution in [0.5, 0.6) is 5.75 Å². The number of anilines is 2. The molecule has 0 bridgehead atoms. The highest BCUT2D eigenvalue weighted by molar-refractivity contribution is 6.07. The summed E-state index contributed by atoms with van der Waals surface area (Å²) in [4.78, 5) is 19.9. The molecule has 0 spiro atoms. The summed E-state index contributed by atoms with van der Waals surface area (Å²) in [5.41, 5.74) is 1.36. The Morgan fingerprint density at radius 1 is 1.36 bits per heavy atom. The number of hydrogen-bond donors (Lipinski definition) is 3. The molecule has 0 saturated heterocycles. The number of carbonyl (C=O) groups excluding carboxylic acids is 1. The molecule has 0 radical (unpaired) electrons. The molecule has 2 rings (SSSR count). The van der Waals surface area contributed by atoms with E-state index < -0.39 is 5.41 Å². The number of H-pyrrole nitrogens is 1. The van der Waals surface area contributed by atoms with Crippen molar-refractivity contribution in [3.05, 3.63) is 36.0 Å². The number of phenols is 1. The van der Waals surface area contributed by atoms with Crippen LogP contribution in [0.1, 0.15) is 38.1 Å². The first-order valence-electron chi connectivity index (χ1n) is 7.14. The lowest BCUT2D eigenvalue weighted by Crippen LogP contribution is -2.20. The van der Waals surface area contributed by atoms with Gasteiger partial charge < -0.3 is 15.4 Å². The third kappa shape index (κ3) is 3.36. The summed E-state index contributed by atoms with van der Waals surface area (Å²) in [5, 5.41) is 12.8. The maximum atomic E-state index is 12.6. The average molecular weight is 299 g/mol. The topological polar surface area (TPSA) is 77.5 Å². The predicted molar refractivity (Wildman–Crippen MR) is 89.8 cm³/mol. The van der Waals surface area contributed by atoms with Crippen molar-refractivity contribution in [1.29, 1.82) is 0 Å². The second-order valence-corrected chi connectivity index (χ2v) is 6.07. The minimum absolute atomic E-state index is 0.0176. The van der Waals surface area contributed by atoms with Crippen molar-refractivity contribution in [3.63, 3.8) is 0 Å². The van der Waals surface area contributed by atoms with Crippen molar-refractivity contribution in [3.8, 4) is 5.75 Å². The van der Waals surface area contributed by atoms with Gasteiger partial charge in [0.25, 0.3) is 0 Å². The van der Waals surface area contributed by atoms with Gasteiger partial charge in [0.05, 0.1) is 11.3 Å². The maximum absolute atomic E-state index is 12.6. The molecule has 5 heteroatoms. The van der Waals surface area contributed by atoms with Gasteiger partial charge in [-0.3, -0.25) is 4.79 Å². The van der Waals surface area contributed by atoms with Crippen molar-refractivity contribution in [2.75, 3.05) is 5.32 Å². The van der Waals surface area contributed by atoms with Gasteiger partial charge in [0.2, 0.25) is 0 Å². The Kier molecular flexibility index (Phi) is 4.35. The van der Waals surface area contributed by atoms with Crippen LogP contribution in [0.15, 0.2) is 35.5 Å². The van der Waals surface area contributed by atoms with Gasteiger partial charge in [0, 0.05) is 29.6 Å². The number of aromatic nitrogens is 1. The molecule has 1 heterocycles. The van der Waals surface area contributed by atoms with Crippen LogP contribution in [-0.2, 0) is 0 Å². The van der Waals surface area contributed by atoms with E-state index in [0.717, 1.165) is 0 Å². The van der Waals surface area contributed by atoms with Crippen molar-refractivity contribution >= 4 is 29.2 Å². The van der Waals surface area contributed by atoms with E-state index in [-0.39, 0.29) is 11.5 Å². The molecule has 0 aliphatic heterocycles. The Labute approximate surface area is 130 Å². The van der Waals surface area contributed by atoms with Crippen LogP contribution in [0.3, 0.4) is 0 Å². The molecule has 1 aromatic carbocycles. The number of carbonyl (C=O) groups is 1. The number of benzene rings is 1. The van der Waals surface area contributed by atoms with Crippen LogP contribution in [0.4, 0.5) is 17.2 Å². The highest BCUT2D eigenvalue weighted by atomic mass is 16.3. The summed E-state index contributed by atoms with van der Waals surface area (Å²) in [7, 11) is 0. The molecule has 0 unspecified atom stereocenters. The van der Waals surface area contributed by atoms with Gasteiger partial charge in [0.1, 0.15) is 5.75 Å². The van der Waals surface area contributed by atoms with Crippen LogP contribution in [0.25, 0.3) is 0 Å². The van der Waals surface area contributed by atoms with E-state index in [4.69, 9.17) is 0 Å². The third-order valence-electron chi connectivity index (χ3n) is 3.16. The minimum Gasteiger partial charge on any atom is -0.508 e. The van der Waals surface area contributed by atoms with E-state index in [2.05, 4.69) is 15.3 Å². The summed E-state index contributed by atoms with van der Waals surface area (Å²) in [5.74, 6) is 0.757. The highest BCUT2D eigenvalue weighted by Crippen LogP contribution is 2.35. The van der Waals surface area contributed by atoms with Crippen LogP contribution < -0.4 is 5.32 Å². The standard InChI is InChI=1S/C17H21N3O2/c1-5-18-16-14(20-11-7-6-8-12(21)9-11)13(10-19-16)15(22)17(2,3)4/h5-10,19-21H,1-4H3/b18-5-. The Balaban J connectivity index is 2.47. The molecule has 116 valence electrons. The lowest BCUT2D eigenvalue weighted by molar-refractivity contribution is 0.0859. The van der Waals surface area contributed by atoms with Crippen LogP contribution >= 0.6 is 0 Å². The molecule has 0 atom stereocenters. The Bertz CT molecular complexity index is 709. The van der Waals surface area contributed by atoms with E-state index in [1.807, 2.05) is 33.8 Å². The molecular formula is C17H21N3O2. The number of nitrogens with one attached hydrogen (secondary N) is 2. The van der Waals surface area contributed by atoms with Crippen molar-refractivity contribution in [2.24, 2.45) is 10.4 Å². The zero-order chi connectivity index (χ0) is 16.3. The average Bonchev–Trinajstić information content (AvgIpc) is 2.80. The smallest absolute Gasteiger partial charge is 0.171 e. The highest BCUT2D eigenvalue weighted by Gasteiger charge is 2.27. The number of Topliss-reactive ketones (excluding diaryl/α,β-unsaturated/α-hetero) is 1. The zero-order valence-electron chi connectivity index (χ0n) is 13.3. The number of aliphatic imine (C=N–C) groups is 1. The Hall–Kier alpha value is -2.56. The molecule has 0 aliphatic carbocycles. The van der Waals surface area contributed by atoms with Gasteiger partial charge in [-0.25, -0.2) is 4.99 Å². The first kappa shape index (κ1) is 15.8. The molecule has 0 amide bonds. The van der Waals surface area contributed by atoms with Crippen molar-refractivity contribution in [1.82, 2.24) is 4.98 Å². The molecule has 2 aromatic rings. The van der Waals surface area contributed by atoms with Crippen molar-refractivity contribution in [2.45, 2.75) is 27.7 Å². The number of aromatic amines is 1. The molecule has 0 aliphatic rings. The Morgan fingerprint density at radius 3 is 2.68 bits per heavy atom. The third-order valence-corrected chi connectivity index (χ3v) is 3.16. The van der Waals surface area contributed by atoms with Crippen molar-refractivity contribution < 1.29 is 9.90 Å². The summed E-state index contributed by atoms with van der Waals surface area (Å²) in [6.07, 6.45) is 3.33. The second kappa shape index (κ2) is 6.05. The number of rotatable bonds is 4. The van der Waals surface area contributed by atoms with Crippen LogP contribution in [0.2, 0.25) is 0 Å². The molecule has 5 nitrogen and oxygen atoms in total. The SMILES string of the molecule is C/C=N\c1[nH]cc(C(=O)C(C)(C)C)c1Nc1cccc(O)c1. The molecule has 0 saturated carbocycles. The Morgan fingerprint density at radius 2 is 2.09 bits per heavy atom. The first-order valence-corrected chi connectivity index (χ1v) is 7.14. The maximum Gasteiger partial charge on any atom is 0.171 e. The van der Waals surface area contributed by atoms with E-state index >= 15 is 0 Å². The number of aromatic hydroxyl groups is 1. The van der Waals surface area contributed by atoms with E-state index in [1.54, 1.807) is 30.6 Å². The van der Waals surface area contributed by atoms with E-state index in [0.29, 0.717) is 22.8 Å². The molecule has 3 N–H and O–H groups in total. The summed E-state index contributed by atoms with van der Waals surface area (Å²) in [6.45, 7) is 7.44. The van der Waals surface area contributed by atoms with E-state index in [9.17, 15) is 9.90 Å². The monoisotopic (exact) mass is 299 g/mol. The second-order valence-electron chi connectivity index (χ2n) is 6.07. The first-order chi connectivity index (χ1) is 10.3. The van der Waals surface area contributed by atoms with Gasteiger partial charge >= 0.3 is 0 Å². The number of phenolic OH excluding ortho intramolecular Hbond substituents is 1. The fraction of sp³-hybridized carbons (Fsp3) is 0.294. The normalized spacial score (nSPS) is 11.8. The van der Waals surface area contributed by atoms with Gasteiger partial charge in [-0.05, 0) is 19.1 Å². The number of hydrogen-bond acceptors (Lipinski definition) is 4. The van der Waals surface area contributed by atoms with Gasteiger partial charge in [-0.1, -0.05) is 26.8 Å². The van der Waals surface area contributed by atoms with Crippen LogP contribution in [0, 0.1) is 5.41 Å². The van der Waals surface area contributed by atoms with E-state index in [1.165, 1.54) is 0 Å². The quantitative estimate of drug-likeness (QED) is 0.578. The number of ketones is 1. The zero-order valence-corrected chi connectivity index (χ0v) is 13.3. The van der Waals surface area contributed by atoms with Gasteiger partial charge in [-0.2, -0.15) is 0 Å². The fourth-order valence-corrected chi connectivity index (χ4v) is 2.08. The summed E-state index contributed by atoms with van der Waals surface area (Å²) < 4.78 is 0. The number of nitrogens with zero attached hydrogens (tertiary/aromatic N) is 1. The predicted octanol–water partition coefficient (Wildman–Crippen LogP) is 4.41.